The fraction of sp³-hybridized carbons (Fsp3) is 0.417. The van der Waals surface area contributed by atoms with Crippen LogP contribution < -0.4 is 10.8 Å². The molecule has 0 aliphatic rings. The van der Waals surface area contributed by atoms with Crippen molar-refractivity contribution in [3.63, 3.8) is 0 Å². The van der Waals surface area contributed by atoms with E-state index in [9.17, 15) is 9.90 Å². The summed E-state index contributed by atoms with van der Waals surface area (Å²) in [6.07, 6.45) is -0.998. The SMILES string of the molecule is CC(C)(C)N(C(=O)O)c1ccccc1CON. The second-order valence-electron chi connectivity index (χ2n) is 4.73. The first kappa shape index (κ1) is 13.5. The fourth-order valence-electron chi connectivity index (χ4n) is 1.69. The molecule has 0 saturated carbocycles. The average Bonchev–Trinajstić information content (AvgIpc) is 2.18. The van der Waals surface area contributed by atoms with E-state index in [2.05, 4.69) is 4.84 Å². The van der Waals surface area contributed by atoms with Crippen molar-refractivity contribution >= 4 is 11.8 Å². The minimum Gasteiger partial charge on any atom is -0.465 e. The van der Waals surface area contributed by atoms with Gasteiger partial charge in [0.15, 0.2) is 0 Å². The van der Waals surface area contributed by atoms with Crippen LogP contribution in [0.5, 0.6) is 0 Å². The second-order valence-corrected chi connectivity index (χ2v) is 4.73. The van der Waals surface area contributed by atoms with Crippen molar-refractivity contribution in [1.29, 1.82) is 0 Å². The van der Waals surface area contributed by atoms with Gasteiger partial charge >= 0.3 is 6.09 Å². The number of nitrogens with two attached hydrogens (primary N) is 1. The third-order valence-corrected chi connectivity index (χ3v) is 2.33. The molecule has 1 aromatic carbocycles. The van der Waals surface area contributed by atoms with E-state index in [1.165, 1.54) is 4.90 Å². The summed E-state index contributed by atoms with van der Waals surface area (Å²) in [7, 11) is 0. The van der Waals surface area contributed by atoms with Gasteiger partial charge < -0.3 is 5.11 Å². The standard InChI is InChI=1S/C12H18N2O3/c1-12(2,3)14(11(15)16)10-7-5-4-6-9(10)8-17-13/h4-7H,8,13H2,1-3H3,(H,15,16). The summed E-state index contributed by atoms with van der Waals surface area (Å²) in [4.78, 5) is 17.3. The number of carbonyl (C=O) groups is 1. The number of hydrogen-bond donors (Lipinski definition) is 2. The van der Waals surface area contributed by atoms with E-state index in [4.69, 9.17) is 5.90 Å². The van der Waals surface area contributed by atoms with Gasteiger partial charge in [-0.15, -0.1) is 0 Å². The van der Waals surface area contributed by atoms with Gasteiger partial charge in [0, 0.05) is 11.1 Å². The molecule has 0 heterocycles. The van der Waals surface area contributed by atoms with Crippen molar-refractivity contribution in [1.82, 2.24) is 0 Å². The van der Waals surface area contributed by atoms with Crippen LogP contribution in [-0.2, 0) is 11.4 Å². The van der Waals surface area contributed by atoms with Crippen LogP contribution in [0.1, 0.15) is 26.3 Å². The van der Waals surface area contributed by atoms with Gasteiger partial charge in [-0.2, -0.15) is 0 Å². The highest BCUT2D eigenvalue weighted by molar-refractivity contribution is 5.88. The number of hydrogen-bond acceptors (Lipinski definition) is 3. The maximum absolute atomic E-state index is 11.4. The molecule has 0 aliphatic carbocycles. The van der Waals surface area contributed by atoms with E-state index in [-0.39, 0.29) is 6.61 Å². The Kier molecular flexibility index (Phi) is 4.09. The van der Waals surface area contributed by atoms with Crippen molar-refractivity contribution in [2.24, 2.45) is 5.90 Å². The second kappa shape index (κ2) is 5.16. The van der Waals surface area contributed by atoms with E-state index in [1.54, 1.807) is 18.2 Å². The molecule has 0 saturated heterocycles. The Morgan fingerprint density at radius 2 is 2.00 bits per heavy atom. The summed E-state index contributed by atoms with van der Waals surface area (Å²) >= 11 is 0. The van der Waals surface area contributed by atoms with Crippen molar-refractivity contribution in [3.05, 3.63) is 29.8 Å². The third kappa shape index (κ3) is 3.18. The van der Waals surface area contributed by atoms with Crippen molar-refractivity contribution in [2.75, 3.05) is 4.90 Å². The van der Waals surface area contributed by atoms with Crippen LogP contribution in [0, 0.1) is 0 Å². The third-order valence-electron chi connectivity index (χ3n) is 2.33. The number of rotatable bonds is 3. The number of amides is 1. The quantitative estimate of drug-likeness (QED) is 0.792. The number of benzene rings is 1. The van der Waals surface area contributed by atoms with Gasteiger partial charge in [0.25, 0.3) is 0 Å². The Hall–Kier alpha value is -1.59. The van der Waals surface area contributed by atoms with Gasteiger partial charge in [-0.25, -0.2) is 10.7 Å². The summed E-state index contributed by atoms with van der Waals surface area (Å²) in [5.41, 5.74) is 0.807. The Morgan fingerprint density at radius 1 is 1.41 bits per heavy atom. The maximum Gasteiger partial charge on any atom is 0.412 e. The smallest absolute Gasteiger partial charge is 0.412 e. The molecule has 0 aliphatic heterocycles. The number of para-hydroxylation sites is 1. The van der Waals surface area contributed by atoms with Crippen LogP contribution in [0.25, 0.3) is 0 Å². The predicted octanol–water partition coefficient (Wildman–Crippen LogP) is 2.36. The van der Waals surface area contributed by atoms with Crippen LogP contribution in [0.3, 0.4) is 0 Å². The molecule has 0 unspecified atom stereocenters. The summed E-state index contributed by atoms with van der Waals surface area (Å²) in [6.45, 7) is 5.68. The highest BCUT2D eigenvalue weighted by Crippen LogP contribution is 2.27. The zero-order valence-corrected chi connectivity index (χ0v) is 10.3. The molecule has 5 heteroatoms. The minimum atomic E-state index is -0.998. The highest BCUT2D eigenvalue weighted by Gasteiger charge is 2.29. The molecule has 0 radical (unpaired) electrons. The molecule has 0 fully saturated rings. The molecule has 3 N–H and O–H groups in total. The number of nitrogens with zero attached hydrogens (tertiary/aromatic N) is 1. The fourth-order valence-corrected chi connectivity index (χ4v) is 1.69. The van der Waals surface area contributed by atoms with E-state index >= 15 is 0 Å². The lowest BCUT2D eigenvalue weighted by atomic mass is 10.0. The number of anilines is 1. The minimum absolute atomic E-state index is 0.177. The topological polar surface area (TPSA) is 75.8 Å². The first-order valence-corrected chi connectivity index (χ1v) is 5.30. The summed E-state index contributed by atoms with van der Waals surface area (Å²) in [5, 5.41) is 9.31. The van der Waals surface area contributed by atoms with Gasteiger partial charge in [-0.1, -0.05) is 18.2 Å². The monoisotopic (exact) mass is 238 g/mol. The van der Waals surface area contributed by atoms with E-state index in [1.807, 2.05) is 26.8 Å². The zero-order chi connectivity index (χ0) is 13.1. The van der Waals surface area contributed by atoms with Crippen molar-refractivity contribution in [2.45, 2.75) is 32.9 Å². The largest absolute Gasteiger partial charge is 0.465 e. The Bertz CT molecular complexity index is 399. The molecule has 5 nitrogen and oxygen atoms in total. The molecule has 1 amide bonds. The van der Waals surface area contributed by atoms with Gasteiger partial charge in [0.05, 0.1) is 12.3 Å². The van der Waals surface area contributed by atoms with Crippen LogP contribution in [0.4, 0.5) is 10.5 Å². The summed E-state index contributed by atoms with van der Waals surface area (Å²) < 4.78 is 0. The molecule has 17 heavy (non-hydrogen) atoms. The Labute approximate surface area is 101 Å². The van der Waals surface area contributed by atoms with Crippen molar-refractivity contribution < 1.29 is 14.7 Å². The lowest BCUT2D eigenvalue weighted by molar-refractivity contribution is 0.124. The van der Waals surface area contributed by atoms with Crippen LogP contribution in [0.2, 0.25) is 0 Å². The van der Waals surface area contributed by atoms with Gasteiger partial charge in [-0.05, 0) is 26.8 Å². The van der Waals surface area contributed by atoms with Crippen LogP contribution in [0.15, 0.2) is 24.3 Å². The molecule has 94 valence electrons. The van der Waals surface area contributed by atoms with E-state index in [0.717, 1.165) is 5.56 Å². The highest BCUT2D eigenvalue weighted by atomic mass is 16.6. The van der Waals surface area contributed by atoms with Crippen molar-refractivity contribution in [3.8, 4) is 0 Å². The normalized spacial score (nSPS) is 11.3. The molecule has 0 spiro atoms. The lowest BCUT2D eigenvalue weighted by Crippen LogP contribution is -2.45. The molecule has 0 bridgehead atoms. The molecular weight excluding hydrogens is 220 g/mol. The molecule has 0 atom stereocenters. The average molecular weight is 238 g/mol. The Balaban J connectivity index is 3.23. The van der Waals surface area contributed by atoms with Crippen LogP contribution in [-0.4, -0.2) is 16.7 Å². The summed E-state index contributed by atoms with van der Waals surface area (Å²) in [6, 6.07) is 7.15. The van der Waals surface area contributed by atoms with Gasteiger partial charge in [0.1, 0.15) is 0 Å². The molecular formula is C12H18N2O3. The van der Waals surface area contributed by atoms with Crippen LogP contribution >= 0.6 is 0 Å². The maximum atomic E-state index is 11.4. The Morgan fingerprint density at radius 3 is 2.47 bits per heavy atom. The molecule has 0 aromatic heterocycles. The van der Waals surface area contributed by atoms with E-state index in [0.29, 0.717) is 5.69 Å². The first-order valence-electron chi connectivity index (χ1n) is 5.30. The number of carboxylic acid groups (broad SMARTS) is 1. The molecule has 1 rings (SSSR count). The predicted molar refractivity (Wildman–Crippen MR) is 65.7 cm³/mol. The summed E-state index contributed by atoms with van der Waals surface area (Å²) in [5.74, 6) is 5.05. The van der Waals surface area contributed by atoms with E-state index < -0.39 is 11.6 Å². The molecule has 1 aromatic rings. The van der Waals surface area contributed by atoms with Gasteiger partial charge in [-0.3, -0.25) is 9.74 Å². The lowest BCUT2D eigenvalue weighted by Gasteiger charge is -2.34. The zero-order valence-electron chi connectivity index (χ0n) is 10.3. The van der Waals surface area contributed by atoms with Gasteiger partial charge in [0.2, 0.25) is 0 Å². The first-order chi connectivity index (χ1) is 7.88.